The van der Waals surface area contributed by atoms with Gasteiger partial charge in [0.1, 0.15) is 0 Å². The summed E-state index contributed by atoms with van der Waals surface area (Å²) in [6.07, 6.45) is 9.89. The normalized spacial score (nSPS) is 19.2. The molecule has 0 amide bonds. The van der Waals surface area contributed by atoms with Crippen molar-refractivity contribution < 1.29 is 4.79 Å². The summed E-state index contributed by atoms with van der Waals surface area (Å²) < 4.78 is 0. The summed E-state index contributed by atoms with van der Waals surface area (Å²) in [7, 11) is 0. The average Bonchev–Trinajstić information content (AvgIpc) is 2.16. The molecule has 0 aliphatic carbocycles. The van der Waals surface area contributed by atoms with Crippen LogP contribution in [-0.4, -0.2) is 11.2 Å². The zero-order chi connectivity index (χ0) is 8.97. The van der Waals surface area contributed by atoms with Gasteiger partial charge >= 0.3 is 0 Å². The molecule has 1 heterocycles. The summed E-state index contributed by atoms with van der Waals surface area (Å²) in [4.78, 5) is 12.3. The minimum atomic E-state index is 0.612. The van der Waals surface area contributed by atoms with Crippen molar-refractivity contribution in [3.05, 3.63) is 48.5 Å². The number of carbonyl (C=O) groups excluding carboxylic acids is 1. The van der Waals surface area contributed by atoms with E-state index in [4.69, 9.17) is 0 Å². The van der Waals surface area contributed by atoms with Crippen molar-refractivity contribution in [1.82, 2.24) is 4.90 Å². The van der Waals surface area contributed by atoms with Gasteiger partial charge in [0.05, 0.1) is 5.70 Å². The molecule has 1 aliphatic rings. The van der Waals surface area contributed by atoms with E-state index in [0.29, 0.717) is 5.70 Å². The van der Waals surface area contributed by atoms with E-state index in [1.807, 2.05) is 25.2 Å². The summed E-state index contributed by atoms with van der Waals surface area (Å²) in [5, 5.41) is 0. The summed E-state index contributed by atoms with van der Waals surface area (Å²) in [5.41, 5.74) is 1.58. The number of hydrogen-bond donors (Lipinski definition) is 0. The summed E-state index contributed by atoms with van der Waals surface area (Å²) in [6.45, 7) is 5.55. The van der Waals surface area contributed by atoms with Crippen molar-refractivity contribution in [1.29, 1.82) is 0 Å². The first-order chi connectivity index (χ1) is 5.83. The zero-order valence-electron chi connectivity index (χ0n) is 7.03. The molecule has 2 nitrogen and oxygen atoms in total. The van der Waals surface area contributed by atoms with Gasteiger partial charge in [-0.25, -0.2) is 0 Å². The van der Waals surface area contributed by atoms with Gasteiger partial charge in [0.25, 0.3) is 0 Å². The maximum Gasteiger partial charge on any atom is 0.166 e. The van der Waals surface area contributed by atoms with E-state index in [1.54, 1.807) is 17.2 Å². The second-order valence-corrected chi connectivity index (χ2v) is 2.33. The molecule has 0 radical (unpaired) electrons. The monoisotopic (exact) mass is 161 g/mol. The van der Waals surface area contributed by atoms with Gasteiger partial charge in [-0.2, -0.15) is 0 Å². The Morgan fingerprint density at radius 2 is 2.33 bits per heavy atom. The maximum absolute atomic E-state index is 10.6. The maximum atomic E-state index is 10.6. The van der Waals surface area contributed by atoms with Crippen LogP contribution < -0.4 is 0 Å². The number of aldehydes is 1. The third kappa shape index (κ3) is 1.37. The highest BCUT2D eigenvalue weighted by Crippen LogP contribution is 2.17. The molecule has 0 N–H and O–H groups in total. The van der Waals surface area contributed by atoms with Gasteiger partial charge in [0, 0.05) is 11.9 Å². The fourth-order valence-electron chi connectivity index (χ4n) is 1.10. The van der Waals surface area contributed by atoms with Crippen LogP contribution in [0.1, 0.15) is 6.92 Å². The van der Waals surface area contributed by atoms with E-state index < -0.39 is 0 Å². The lowest BCUT2D eigenvalue weighted by molar-refractivity contribution is -0.105. The minimum Gasteiger partial charge on any atom is -0.315 e. The van der Waals surface area contributed by atoms with E-state index in [-0.39, 0.29) is 0 Å². The van der Waals surface area contributed by atoms with E-state index >= 15 is 0 Å². The van der Waals surface area contributed by atoms with Crippen LogP contribution in [0, 0.1) is 0 Å². The average molecular weight is 161 g/mol. The molecule has 2 heteroatoms. The molecule has 0 aromatic heterocycles. The van der Waals surface area contributed by atoms with Gasteiger partial charge in [0.2, 0.25) is 0 Å². The fourth-order valence-corrected chi connectivity index (χ4v) is 1.10. The van der Waals surface area contributed by atoms with Crippen molar-refractivity contribution in [3.8, 4) is 0 Å². The summed E-state index contributed by atoms with van der Waals surface area (Å²) in [5.74, 6) is 0. The number of hydrogen-bond acceptors (Lipinski definition) is 2. The highest BCUT2D eigenvalue weighted by molar-refractivity contribution is 5.75. The van der Waals surface area contributed by atoms with Crippen LogP contribution >= 0.6 is 0 Å². The molecule has 62 valence electrons. The minimum absolute atomic E-state index is 0.612. The first-order valence-electron chi connectivity index (χ1n) is 3.75. The number of allylic oxidation sites excluding steroid dienone is 5. The lowest BCUT2D eigenvalue weighted by atomic mass is 10.2. The van der Waals surface area contributed by atoms with Gasteiger partial charge in [-0.15, -0.1) is 0 Å². The Morgan fingerprint density at radius 3 is 2.83 bits per heavy atom. The first kappa shape index (κ1) is 8.53. The van der Waals surface area contributed by atoms with Crippen molar-refractivity contribution >= 4 is 6.29 Å². The molecule has 0 saturated heterocycles. The van der Waals surface area contributed by atoms with Crippen LogP contribution in [0.2, 0.25) is 0 Å². The summed E-state index contributed by atoms with van der Waals surface area (Å²) >= 11 is 0. The van der Waals surface area contributed by atoms with Crippen molar-refractivity contribution in [2.45, 2.75) is 6.92 Å². The number of carbonyl (C=O) groups is 1. The van der Waals surface area contributed by atoms with Crippen LogP contribution in [0.25, 0.3) is 0 Å². The smallest absolute Gasteiger partial charge is 0.166 e. The topological polar surface area (TPSA) is 20.3 Å². The molecular weight excluding hydrogens is 150 g/mol. The predicted molar refractivity (Wildman–Crippen MR) is 49.1 cm³/mol. The number of rotatable bonds is 2. The fraction of sp³-hybridized carbons (Fsp3) is 0.100. The molecule has 0 atom stereocenters. The molecule has 0 unspecified atom stereocenters. The molecule has 0 fully saturated rings. The quantitative estimate of drug-likeness (QED) is 0.577. The van der Waals surface area contributed by atoms with Gasteiger partial charge in [-0.3, -0.25) is 4.79 Å². The Morgan fingerprint density at radius 1 is 1.58 bits per heavy atom. The largest absolute Gasteiger partial charge is 0.315 e. The lowest BCUT2D eigenvalue weighted by Gasteiger charge is -2.22. The third-order valence-electron chi connectivity index (χ3n) is 1.69. The highest BCUT2D eigenvalue weighted by Gasteiger charge is 2.09. The highest BCUT2D eigenvalue weighted by atomic mass is 16.1. The molecule has 0 aromatic rings. The third-order valence-corrected chi connectivity index (χ3v) is 1.69. The molecular formula is C10H11NO. The Bertz CT molecular complexity index is 284. The van der Waals surface area contributed by atoms with E-state index in [2.05, 4.69) is 6.58 Å². The van der Waals surface area contributed by atoms with Gasteiger partial charge in [-0.1, -0.05) is 18.7 Å². The van der Waals surface area contributed by atoms with Crippen LogP contribution in [-0.2, 0) is 4.79 Å². The zero-order valence-corrected chi connectivity index (χ0v) is 7.03. The Labute approximate surface area is 72.2 Å². The predicted octanol–water partition coefficient (Wildman–Crippen LogP) is 1.99. The molecule has 0 spiro atoms. The molecule has 0 aromatic carbocycles. The van der Waals surface area contributed by atoms with Crippen LogP contribution in [0.4, 0.5) is 0 Å². The Kier molecular flexibility index (Phi) is 2.64. The van der Waals surface area contributed by atoms with Crippen LogP contribution in [0.15, 0.2) is 48.5 Å². The van der Waals surface area contributed by atoms with Gasteiger partial charge in [-0.05, 0) is 19.1 Å². The second-order valence-electron chi connectivity index (χ2n) is 2.33. The molecule has 0 bridgehead atoms. The lowest BCUT2D eigenvalue weighted by Crippen LogP contribution is -2.17. The molecule has 0 saturated carbocycles. The van der Waals surface area contributed by atoms with E-state index in [0.717, 1.165) is 12.0 Å². The second kappa shape index (κ2) is 3.72. The number of nitrogens with zero attached hydrogens (tertiary/aromatic N) is 1. The van der Waals surface area contributed by atoms with Crippen molar-refractivity contribution in [2.24, 2.45) is 0 Å². The van der Waals surface area contributed by atoms with E-state index in [1.165, 1.54) is 0 Å². The summed E-state index contributed by atoms with van der Waals surface area (Å²) in [6, 6.07) is 0. The van der Waals surface area contributed by atoms with Gasteiger partial charge < -0.3 is 4.90 Å². The van der Waals surface area contributed by atoms with Crippen LogP contribution in [0.3, 0.4) is 0 Å². The van der Waals surface area contributed by atoms with Crippen molar-refractivity contribution in [3.63, 3.8) is 0 Å². The van der Waals surface area contributed by atoms with Crippen LogP contribution in [0.5, 0.6) is 0 Å². The standard InChI is InChI=1S/C10H11NO/c1-3-9-6-5-7-10(8-12)11(9)4-2/h3-8H,2H2,1H3/b9-3-. The Hall–Kier alpha value is -1.57. The first-order valence-corrected chi connectivity index (χ1v) is 3.75. The van der Waals surface area contributed by atoms with Crippen molar-refractivity contribution in [2.75, 3.05) is 0 Å². The van der Waals surface area contributed by atoms with E-state index in [9.17, 15) is 4.79 Å². The SMILES string of the molecule is C=CN1C(C=O)=CC=C/C1=C/C. The molecule has 12 heavy (non-hydrogen) atoms. The Balaban J connectivity index is 3.04. The molecule has 1 aliphatic heterocycles. The molecule has 1 rings (SSSR count). The van der Waals surface area contributed by atoms with Gasteiger partial charge in [0.15, 0.2) is 6.29 Å².